The lowest BCUT2D eigenvalue weighted by Gasteiger charge is -2.18. The SMILES string of the molecule is C=C(CCCC)Cc1ccc(CCCCc2ncnc(C(CCCc3c(C)cccc3Cl)C3CC3)c2F)cc1. The Morgan fingerprint density at radius 3 is 2.44 bits per heavy atom. The molecule has 4 rings (SSSR count). The number of benzene rings is 2. The van der Waals surface area contributed by atoms with Gasteiger partial charge >= 0.3 is 0 Å². The van der Waals surface area contributed by atoms with Crippen LogP contribution in [0.4, 0.5) is 4.39 Å². The Balaban J connectivity index is 1.27. The van der Waals surface area contributed by atoms with Crippen molar-refractivity contribution in [3.05, 3.63) is 105 Å². The summed E-state index contributed by atoms with van der Waals surface area (Å²) in [6.45, 7) is 8.55. The third kappa shape index (κ3) is 8.73. The molecular weight excluding hydrogens is 503 g/mol. The molecule has 1 unspecified atom stereocenters. The van der Waals surface area contributed by atoms with Crippen LogP contribution in [-0.2, 0) is 25.7 Å². The van der Waals surface area contributed by atoms with Gasteiger partial charge in [-0.3, -0.25) is 0 Å². The third-order valence-electron chi connectivity index (χ3n) is 8.22. The van der Waals surface area contributed by atoms with Crippen molar-refractivity contribution in [1.82, 2.24) is 9.97 Å². The van der Waals surface area contributed by atoms with E-state index in [4.69, 9.17) is 11.6 Å². The predicted molar refractivity (Wildman–Crippen MR) is 162 cm³/mol. The molecule has 1 aliphatic carbocycles. The van der Waals surface area contributed by atoms with Gasteiger partial charge in [0.1, 0.15) is 6.33 Å². The minimum Gasteiger partial charge on any atom is -0.238 e. The van der Waals surface area contributed by atoms with Crippen LogP contribution in [0, 0.1) is 18.7 Å². The first-order valence-corrected chi connectivity index (χ1v) is 15.3. The fraction of sp³-hybridized carbons (Fsp3) is 0.486. The first-order valence-electron chi connectivity index (χ1n) is 14.9. The van der Waals surface area contributed by atoms with E-state index in [9.17, 15) is 0 Å². The Labute approximate surface area is 240 Å². The van der Waals surface area contributed by atoms with E-state index in [0.29, 0.717) is 23.7 Å². The molecule has 0 spiro atoms. The van der Waals surface area contributed by atoms with E-state index >= 15 is 4.39 Å². The maximum atomic E-state index is 15.6. The lowest BCUT2D eigenvalue weighted by atomic mass is 9.90. The second-order valence-electron chi connectivity index (χ2n) is 11.4. The fourth-order valence-corrected chi connectivity index (χ4v) is 6.00. The van der Waals surface area contributed by atoms with Crippen LogP contribution in [0.2, 0.25) is 5.02 Å². The summed E-state index contributed by atoms with van der Waals surface area (Å²) in [6, 6.07) is 15.0. The molecule has 0 aliphatic heterocycles. The highest BCUT2D eigenvalue weighted by atomic mass is 35.5. The van der Waals surface area contributed by atoms with Crippen molar-refractivity contribution in [3.8, 4) is 0 Å². The zero-order valence-corrected chi connectivity index (χ0v) is 24.6. The fourth-order valence-electron chi connectivity index (χ4n) is 5.68. The van der Waals surface area contributed by atoms with E-state index < -0.39 is 0 Å². The number of aromatic nitrogens is 2. The van der Waals surface area contributed by atoms with Crippen LogP contribution in [0.15, 0.2) is 60.9 Å². The van der Waals surface area contributed by atoms with Gasteiger partial charge in [0, 0.05) is 10.9 Å². The van der Waals surface area contributed by atoms with Gasteiger partial charge < -0.3 is 0 Å². The zero-order valence-electron chi connectivity index (χ0n) is 23.8. The van der Waals surface area contributed by atoms with E-state index in [2.05, 4.69) is 60.7 Å². The molecule has 39 heavy (non-hydrogen) atoms. The Hall–Kier alpha value is -2.52. The summed E-state index contributed by atoms with van der Waals surface area (Å²) in [5.74, 6) is 0.545. The summed E-state index contributed by atoms with van der Waals surface area (Å²) >= 11 is 6.44. The molecule has 1 saturated carbocycles. The Kier molecular flexibility index (Phi) is 11.1. The summed E-state index contributed by atoms with van der Waals surface area (Å²) in [5.41, 5.74) is 7.64. The summed E-state index contributed by atoms with van der Waals surface area (Å²) in [4.78, 5) is 8.81. The number of hydrogen-bond acceptors (Lipinski definition) is 2. The molecule has 3 aromatic rings. The maximum Gasteiger partial charge on any atom is 0.166 e. The molecular formula is C35H44ClFN2. The average molecular weight is 547 g/mol. The van der Waals surface area contributed by atoms with Gasteiger partial charge in [-0.25, -0.2) is 14.4 Å². The molecule has 1 fully saturated rings. The summed E-state index contributed by atoms with van der Waals surface area (Å²) in [7, 11) is 0. The highest BCUT2D eigenvalue weighted by Crippen LogP contribution is 2.45. The van der Waals surface area contributed by atoms with Crippen LogP contribution < -0.4 is 0 Å². The lowest BCUT2D eigenvalue weighted by molar-refractivity contribution is 0.474. The van der Waals surface area contributed by atoms with Crippen LogP contribution in [0.1, 0.15) is 104 Å². The van der Waals surface area contributed by atoms with Gasteiger partial charge in [0.15, 0.2) is 5.82 Å². The second-order valence-corrected chi connectivity index (χ2v) is 11.9. The van der Waals surface area contributed by atoms with E-state index in [0.717, 1.165) is 56.4 Å². The monoisotopic (exact) mass is 546 g/mol. The molecule has 0 bridgehead atoms. The van der Waals surface area contributed by atoms with Gasteiger partial charge in [-0.2, -0.15) is 0 Å². The molecule has 1 aromatic heterocycles. The Bertz CT molecular complexity index is 1200. The molecule has 0 radical (unpaired) electrons. The standard InChI is InChI=1S/C35H44ClFN2/c1-4-5-10-25(2)23-28-19-17-27(18-20-28)12-6-7-16-33-34(37)35(39-24-38-33)31(29-21-22-29)14-9-13-30-26(3)11-8-15-32(30)36/h8,11,15,17-20,24,29,31H,2,4-7,9-10,12-14,16,21-23H2,1,3H3. The molecule has 208 valence electrons. The molecule has 1 atom stereocenters. The molecule has 0 N–H and O–H groups in total. The number of rotatable bonds is 16. The van der Waals surface area contributed by atoms with Gasteiger partial charge in [-0.15, -0.1) is 0 Å². The quantitative estimate of drug-likeness (QED) is 0.132. The molecule has 0 amide bonds. The molecule has 0 saturated heterocycles. The van der Waals surface area contributed by atoms with Crippen molar-refractivity contribution in [2.45, 2.75) is 103 Å². The first-order chi connectivity index (χ1) is 19.0. The van der Waals surface area contributed by atoms with Crippen LogP contribution in [0.3, 0.4) is 0 Å². The van der Waals surface area contributed by atoms with Crippen LogP contribution in [-0.4, -0.2) is 9.97 Å². The third-order valence-corrected chi connectivity index (χ3v) is 8.57. The summed E-state index contributed by atoms with van der Waals surface area (Å²) in [6.07, 6.45) is 14.9. The van der Waals surface area contributed by atoms with Crippen molar-refractivity contribution in [3.63, 3.8) is 0 Å². The zero-order chi connectivity index (χ0) is 27.6. The van der Waals surface area contributed by atoms with Crippen molar-refractivity contribution >= 4 is 11.6 Å². The van der Waals surface area contributed by atoms with Crippen molar-refractivity contribution < 1.29 is 4.39 Å². The first kappa shape index (κ1) is 29.5. The second kappa shape index (κ2) is 14.7. The molecule has 2 nitrogen and oxygen atoms in total. The number of allylic oxidation sites excluding steroid dienone is 1. The molecule has 1 aliphatic rings. The van der Waals surface area contributed by atoms with Gasteiger partial charge in [-0.1, -0.05) is 73.5 Å². The van der Waals surface area contributed by atoms with E-state index in [1.165, 1.54) is 53.5 Å². The van der Waals surface area contributed by atoms with E-state index in [1.807, 2.05) is 12.1 Å². The minimum absolute atomic E-state index is 0.170. The van der Waals surface area contributed by atoms with Crippen LogP contribution >= 0.6 is 11.6 Å². The smallest absolute Gasteiger partial charge is 0.166 e. The number of hydrogen-bond donors (Lipinski definition) is 0. The number of nitrogens with zero attached hydrogens (tertiary/aromatic N) is 2. The Morgan fingerprint density at radius 1 is 0.974 bits per heavy atom. The minimum atomic E-state index is -0.170. The topological polar surface area (TPSA) is 25.8 Å². The van der Waals surface area contributed by atoms with Gasteiger partial charge in [0.05, 0.1) is 11.4 Å². The Morgan fingerprint density at radius 2 is 1.72 bits per heavy atom. The highest BCUT2D eigenvalue weighted by Gasteiger charge is 2.35. The van der Waals surface area contributed by atoms with Crippen LogP contribution in [0.25, 0.3) is 0 Å². The maximum absolute atomic E-state index is 15.6. The van der Waals surface area contributed by atoms with Gasteiger partial charge in [0.25, 0.3) is 0 Å². The molecule has 4 heteroatoms. The lowest BCUT2D eigenvalue weighted by Crippen LogP contribution is -2.11. The van der Waals surface area contributed by atoms with Gasteiger partial charge in [0.2, 0.25) is 0 Å². The van der Waals surface area contributed by atoms with Crippen molar-refractivity contribution in [1.29, 1.82) is 0 Å². The van der Waals surface area contributed by atoms with Crippen LogP contribution in [0.5, 0.6) is 0 Å². The van der Waals surface area contributed by atoms with Crippen molar-refractivity contribution in [2.75, 3.05) is 0 Å². The summed E-state index contributed by atoms with van der Waals surface area (Å²) < 4.78 is 15.6. The number of aryl methyl sites for hydroxylation is 3. The van der Waals surface area contributed by atoms with E-state index in [-0.39, 0.29) is 11.7 Å². The molecule has 2 aromatic carbocycles. The van der Waals surface area contributed by atoms with E-state index in [1.54, 1.807) is 6.33 Å². The number of unbranched alkanes of at least 4 members (excludes halogenated alkanes) is 2. The highest BCUT2D eigenvalue weighted by molar-refractivity contribution is 6.31. The summed E-state index contributed by atoms with van der Waals surface area (Å²) in [5, 5.41) is 0.831. The predicted octanol–water partition coefficient (Wildman–Crippen LogP) is 9.95. The van der Waals surface area contributed by atoms with Crippen molar-refractivity contribution in [2.24, 2.45) is 5.92 Å². The number of halogens is 2. The normalized spacial score (nSPS) is 13.9. The van der Waals surface area contributed by atoms with Gasteiger partial charge in [-0.05, 0) is 118 Å². The largest absolute Gasteiger partial charge is 0.238 e. The average Bonchev–Trinajstić information content (AvgIpc) is 3.77. The molecule has 1 heterocycles.